The Balaban J connectivity index is 1.62. The van der Waals surface area contributed by atoms with E-state index < -0.39 is 11.6 Å². The fourth-order valence-electron chi connectivity index (χ4n) is 3.78. The van der Waals surface area contributed by atoms with Gasteiger partial charge < -0.3 is 20.1 Å². The largest absolute Gasteiger partial charge is 0.465 e. The van der Waals surface area contributed by atoms with Crippen molar-refractivity contribution in [3.8, 4) is 0 Å². The lowest BCUT2D eigenvalue weighted by molar-refractivity contribution is 0.0486. The minimum absolute atomic E-state index is 0.109. The first-order chi connectivity index (χ1) is 14.7. The zero-order valence-electron chi connectivity index (χ0n) is 18.8. The molecule has 1 amide bonds. The lowest BCUT2D eigenvalue weighted by Crippen LogP contribution is -2.41. The number of pyridine rings is 1. The summed E-state index contributed by atoms with van der Waals surface area (Å²) in [6, 6.07) is 1.98. The average molecular weight is 430 g/mol. The summed E-state index contributed by atoms with van der Waals surface area (Å²) in [7, 11) is 1.35. The van der Waals surface area contributed by atoms with Crippen LogP contribution in [0.15, 0.2) is 24.7 Å². The van der Waals surface area contributed by atoms with Crippen LogP contribution in [0.4, 0.5) is 16.2 Å². The summed E-state index contributed by atoms with van der Waals surface area (Å²) in [5.74, 6) is -0.425. The van der Waals surface area contributed by atoms with Crippen molar-refractivity contribution in [2.45, 2.75) is 71.1 Å². The fourth-order valence-corrected chi connectivity index (χ4v) is 3.78. The van der Waals surface area contributed by atoms with E-state index in [1.165, 1.54) is 7.11 Å². The van der Waals surface area contributed by atoms with Crippen molar-refractivity contribution in [2.75, 3.05) is 12.4 Å². The highest BCUT2D eigenvalue weighted by Gasteiger charge is 2.27. The number of alkyl carbamates (subject to hydrolysis) is 1. The normalized spacial score (nSPS) is 18.9. The second-order valence-electron chi connectivity index (χ2n) is 8.78. The Hall–Kier alpha value is -3.10. The van der Waals surface area contributed by atoms with E-state index in [9.17, 15) is 9.59 Å². The molecule has 9 nitrogen and oxygen atoms in total. The predicted molar refractivity (Wildman–Crippen MR) is 116 cm³/mol. The molecule has 2 aromatic heterocycles. The number of hydrogen-bond acceptors (Lipinski definition) is 7. The van der Waals surface area contributed by atoms with Crippen LogP contribution in [0.5, 0.6) is 0 Å². The lowest BCUT2D eigenvalue weighted by Gasteiger charge is -2.30. The molecule has 1 saturated carbocycles. The highest BCUT2D eigenvalue weighted by atomic mass is 16.6. The second kappa shape index (κ2) is 9.36. The first-order valence-corrected chi connectivity index (χ1v) is 10.5. The van der Waals surface area contributed by atoms with Gasteiger partial charge in [-0.3, -0.25) is 9.67 Å². The van der Waals surface area contributed by atoms with Gasteiger partial charge in [-0.25, -0.2) is 9.59 Å². The molecular formula is C22H31N5O4. The van der Waals surface area contributed by atoms with E-state index in [1.807, 2.05) is 32.4 Å². The monoisotopic (exact) mass is 429 g/mol. The minimum Gasteiger partial charge on any atom is -0.465 e. The smallest absolute Gasteiger partial charge is 0.407 e. The van der Waals surface area contributed by atoms with Crippen molar-refractivity contribution in [2.24, 2.45) is 0 Å². The predicted octanol–water partition coefficient (Wildman–Crippen LogP) is 4.13. The van der Waals surface area contributed by atoms with Crippen LogP contribution in [0.2, 0.25) is 0 Å². The van der Waals surface area contributed by atoms with Gasteiger partial charge in [0, 0.05) is 12.2 Å². The third-order valence-electron chi connectivity index (χ3n) is 5.30. The van der Waals surface area contributed by atoms with Crippen LogP contribution >= 0.6 is 0 Å². The van der Waals surface area contributed by atoms with Crippen LogP contribution in [0.1, 0.15) is 68.5 Å². The molecule has 0 radical (unpaired) electrons. The molecule has 3 rings (SSSR count). The van der Waals surface area contributed by atoms with Gasteiger partial charge in [0.05, 0.1) is 48.2 Å². The number of anilines is 2. The molecule has 9 heteroatoms. The Morgan fingerprint density at radius 1 is 1.13 bits per heavy atom. The number of hydrogen-bond donors (Lipinski definition) is 2. The highest BCUT2D eigenvalue weighted by molar-refractivity contribution is 5.96. The van der Waals surface area contributed by atoms with Gasteiger partial charge in [0.1, 0.15) is 5.60 Å². The van der Waals surface area contributed by atoms with E-state index in [2.05, 4.69) is 20.7 Å². The summed E-state index contributed by atoms with van der Waals surface area (Å²) in [5, 5.41) is 10.8. The molecule has 31 heavy (non-hydrogen) atoms. The third kappa shape index (κ3) is 5.74. The number of rotatable bonds is 5. The number of ether oxygens (including phenoxy) is 2. The van der Waals surface area contributed by atoms with Crippen LogP contribution in [0.25, 0.3) is 0 Å². The van der Waals surface area contributed by atoms with Gasteiger partial charge in [0.25, 0.3) is 0 Å². The van der Waals surface area contributed by atoms with E-state index in [4.69, 9.17) is 9.47 Å². The number of nitrogens with one attached hydrogen (secondary N) is 2. The number of methoxy groups -OCH3 is 1. The van der Waals surface area contributed by atoms with Gasteiger partial charge in [0.15, 0.2) is 0 Å². The number of nitrogens with zero attached hydrogens (tertiary/aromatic N) is 3. The average Bonchev–Trinajstić information content (AvgIpc) is 3.07. The van der Waals surface area contributed by atoms with Crippen molar-refractivity contribution in [3.05, 3.63) is 35.9 Å². The molecule has 0 bridgehead atoms. The summed E-state index contributed by atoms with van der Waals surface area (Å²) in [6.07, 6.45) is 8.08. The van der Waals surface area contributed by atoms with Gasteiger partial charge in [-0.2, -0.15) is 5.10 Å². The van der Waals surface area contributed by atoms with Crippen LogP contribution in [0.3, 0.4) is 0 Å². The Morgan fingerprint density at radius 2 is 1.84 bits per heavy atom. The summed E-state index contributed by atoms with van der Waals surface area (Å²) in [5.41, 5.74) is 2.27. The van der Waals surface area contributed by atoms with Crippen molar-refractivity contribution in [1.82, 2.24) is 20.1 Å². The van der Waals surface area contributed by atoms with Gasteiger partial charge in [0.2, 0.25) is 0 Å². The van der Waals surface area contributed by atoms with E-state index in [-0.39, 0.29) is 18.2 Å². The SMILES string of the molecule is COC(=O)c1ccncc1Nc1cnn([C@H]2CC[C@@H](NC(=O)OC(C)(C)C)CC2)c1C. The molecule has 2 heterocycles. The van der Waals surface area contributed by atoms with E-state index in [1.54, 1.807) is 24.7 Å². The molecule has 0 spiro atoms. The van der Waals surface area contributed by atoms with Gasteiger partial charge in [-0.1, -0.05) is 0 Å². The van der Waals surface area contributed by atoms with Crippen molar-refractivity contribution < 1.29 is 19.1 Å². The number of esters is 1. The molecule has 1 aliphatic carbocycles. The molecule has 0 atom stereocenters. The molecule has 2 aromatic rings. The molecule has 0 aromatic carbocycles. The minimum atomic E-state index is -0.501. The number of aromatic nitrogens is 3. The summed E-state index contributed by atoms with van der Waals surface area (Å²) < 4.78 is 12.2. The number of amides is 1. The fraction of sp³-hybridized carbons (Fsp3) is 0.545. The molecule has 2 N–H and O–H groups in total. The van der Waals surface area contributed by atoms with Crippen molar-refractivity contribution >= 4 is 23.4 Å². The molecule has 1 aliphatic rings. The molecule has 0 unspecified atom stereocenters. The van der Waals surface area contributed by atoms with E-state index in [0.717, 1.165) is 37.1 Å². The lowest BCUT2D eigenvalue weighted by atomic mass is 9.91. The summed E-state index contributed by atoms with van der Waals surface area (Å²) in [4.78, 5) is 28.1. The van der Waals surface area contributed by atoms with Crippen molar-refractivity contribution in [3.63, 3.8) is 0 Å². The maximum Gasteiger partial charge on any atom is 0.407 e. The highest BCUT2D eigenvalue weighted by Crippen LogP contribution is 2.32. The molecule has 1 fully saturated rings. The summed E-state index contributed by atoms with van der Waals surface area (Å²) >= 11 is 0. The zero-order chi connectivity index (χ0) is 22.6. The second-order valence-corrected chi connectivity index (χ2v) is 8.78. The topological polar surface area (TPSA) is 107 Å². The Bertz CT molecular complexity index is 926. The Labute approximate surface area is 182 Å². The quantitative estimate of drug-likeness (QED) is 0.688. The van der Waals surface area contributed by atoms with Gasteiger partial charge in [-0.15, -0.1) is 0 Å². The van der Waals surface area contributed by atoms with E-state index >= 15 is 0 Å². The number of carbonyl (C=O) groups excluding carboxylic acids is 2. The Morgan fingerprint density at radius 3 is 2.48 bits per heavy atom. The van der Waals surface area contributed by atoms with Crippen LogP contribution in [0, 0.1) is 6.92 Å². The zero-order valence-corrected chi connectivity index (χ0v) is 18.8. The number of carbonyl (C=O) groups is 2. The van der Waals surface area contributed by atoms with Crippen LogP contribution in [-0.2, 0) is 9.47 Å². The summed E-state index contributed by atoms with van der Waals surface area (Å²) in [6.45, 7) is 7.56. The maximum atomic E-state index is 12.0. The maximum absolute atomic E-state index is 12.0. The first kappa shape index (κ1) is 22.6. The molecule has 0 saturated heterocycles. The van der Waals surface area contributed by atoms with Gasteiger partial charge >= 0.3 is 12.1 Å². The molecular weight excluding hydrogens is 398 g/mol. The molecule has 168 valence electrons. The van der Waals surface area contributed by atoms with Crippen LogP contribution < -0.4 is 10.6 Å². The van der Waals surface area contributed by atoms with Crippen molar-refractivity contribution in [1.29, 1.82) is 0 Å². The van der Waals surface area contributed by atoms with E-state index in [0.29, 0.717) is 11.3 Å². The van der Waals surface area contributed by atoms with Gasteiger partial charge in [-0.05, 0) is 59.4 Å². The molecule has 0 aliphatic heterocycles. The first-order valence-electron chi connectivity index (χ1n) is 10.5. The van der Waals surface area contributed by atoms with Crippen LogP contribution in [-0.4, -0.2) is 45.6 Å². The Kier molecular flexibility index (Phi) is 6.82. The standard InChI is InChI=1S/C22H31N5O4/c1-14-18(26-19-12-23-11-10-17(19)20(28)30-5)13-24-27(14)16-8-6-15(7-9-16)25-21(29)31-22(2,3)4/h10-13,15-16,26H,6-9H2,1-5H3,(H,25,29)/t15-,16+. The third-order valence-corrected chi connectivity index (χ3v) is 5.30.